The predicted octanol–water partition coefficient (Wildman–Crippen LogP) is 3.79. The van der Waals surface area contributed by atoms with Gasteiger partial charge >= 0.3 is 5.97 Å². The molecule has 0 amide bonds. The molecule has 0 saturated heterocycles. The van der Waals surface area contributed by atoms with Crippen molar-refractivity contribution in [2.24, 2.45) is 0 Å². The van der Waals surface area contributed by atoms with Gasteiger partial charge in [-0.25, -0.2) is 4.79 Å². The number of fused-ring (bicyclic) bond motifs is 2. The van der Waals surface area contributed by atoms with E-state index in [4.69, 9.17) is 14.0 Å². The highest BCUT2D eigenvalue weighted by Crippen LogP contribution is 2.36. The highest BCUT2D eigenvalue weighted by molar-refractivity contribution is 6.30. The van der Waals surface area contributed by atoms with Crippen LogP contribution in [-0.2, 0) is 11.3 Å². The zero-order valence-corrected chi connectivity index (χ0v) is 18.6. The summed E-state index contributed by atoms with van der Waals surface area (Å²) in [6, 6.07) is 15.2. The van der Waals surface area contributed by atoms with Gasteiger partial charge in [-0.2, -0.15) is 4.98 Å². The number of ether oxygens (including phenoxy) is 2. The summed E-state index contributed by atoms with van der Waals surface area (Å²) in [7, 11) is 1.52. The molecular formula is C25H15N3O8. The number of hydrogen-bond acceptors (Lipinski definition) is 10. The van der Waals surface area contributed by atoms with E-state index >= 15 is 0 Å². The Morgan fingerprint density at radius 1 is 1.00 bits per heavy atom. The van der Waals surface area contributed by atoms with Crippen LogP contribution < -0.4 is 4.74 Å². The fraction of sp³-hybridized carbons (Fsp3) is 0.0800. The molecule has 11 nitrogen and oxygen atoms in total. The van der Waals surface area contributed by atoms with Crippen LogP contribution in [0.5, 0.6) is 5.75 Å². The second-order valence-electron chi connectivity index (χ2n) is 7.67. The molecule has 0 atom stereocenters. The van der Waals surface area contributed by atoms with Crippen LogP contribution >= 0.6 is 0 Å². The molecule has 0 aliphatic heterocycles. The smallest absolute Gasteiger partial charge is 0.345 e. The lowest BCUT2D eigenvalue weighted by Crippen LogP contribution is -2.23. The van der Waals surface area contributed by atoms with Crippen LogP contribution in [-0.4, -0.2) is 39.7 Å². The molecule has 178 valence electrons. The molecule has 11 heteroatoms. The van der Waals surface area contributed by atoms with Crippen molar-refractivity contribution in [3.63, 3.8) is 0 Å². The topological polar surface area (TPSA) is 152 Å². The molecule has 4 aromatic rings. The summed E-state index contributed by atoms with van der Waals surface area (Å²) < 4.78 is 15.4. The summed E-state index contributed by atoms with van der Waals surface area (Å²) in [6.45, 7) is -0.472. The summed E-state index contributed by atoms with van der Waals surface area (Å²) in [5, 5.41) is 15.8. The van der Waals surface area contributed by atoms with Crippen molar-refractivity contribution in [3.05, 3.63) is 104 Å². The van der Waals surface area contributed by atoms with E-state index in [1.165, 1.54) is 25.3 Å². The third kappa shape index (κ3) is 3.78. The van der Waals surface area contributed by atoms with Gasteiger partial charge in [0, 0.05) is 22.3 Å². The molecule has 3 aromatic carbocycles. The molecule has 1 aromatic heterocycles. The number of nitrogens with zero attached hydrogens (tertiary/aromatic N) is 3. The molecule has 36 heavy (non-hydrogen) atoms. The molecule has 1 heterocycles. The number of rotatable bonds is 6. The van der Waals surface area contributed by atoms with Crippen LogP contribution in [0.1, 0.15) is 48.1 Å². The van der Waals surface area contributed by atoms with Crippen LogP contribution in [0, 0.1) is 10.1 Å². The number of carbonyl (C=O) groups is 3. The van der Waals surface area contributed by atoms with Crippen LogP contribution in [0.25, 0.3) is 11.4 Å². The van der Waals surface area contributed by atoms with E-state index in [9.17, 15) is 24.5 Å². The number of carbonyl (C=O) groups excluding carboxylic acids is 3. The minimum Gasteiger partial charge on any atom is -0.497 e. The first-order chi connectivity index (χ1) is 17.4. The van der Waals surface area contributed by atoms with Crippen molar-refractivity contribution in [2.75, 3.05) is 7.11 Å². The molecule has 0 saturated carbocycles. The quantitative estimate of drug-likeness (QED) is 0.197. The van der Waals surface area contributed by atoms with Crippen LogP contribution in [0.3, 0.4) is 0 Å². The number of hydrogen-bond donors (Lipinski definition) is 0. The monoisotopic (exact) mass is 485 g/mol. The van der Waals surface area contributed by atoms with Gasteiger partial charge in [0.1, 0.15) is 16.9 Å². The van der Waals surface area contributed by atoms with Gasteiger partial charge in [-0.1, -0.05) is 41.6 Å². The maximum absolute atomic E-state index is 13.1. The Morgan fingerprint density at radius 3 is 2.47 bits per heavy atom. The molecule has 0 spiro atoms. The van der Waals surface area contributed by atoms with E-state index in [1.54, 1.807) is 36.4 Å². The first-order valence-corrected chi connectivity index (χ1v) is 10.5. The Balaban J connectivity index is 1.42. The first-order valence-electron chi connectivity index (χ1n) is 10.5. The SMILES string of the molecule is COc1cccc(-c2noc(COC(=O)c3ccc4c(c3[N+](=O)[O-])C(=O)c3ccccc3C4=O)n2)c1. The number of benzene rings is 3. The van der Waals surface area contributed by atoms with Crippen LogP contribution in [0.2, 0.25) is 0 Å². The molecule has 0 N–H and O–H groups in total. The van der Waals surface area contributed by atoms with Gasteiger partial charge in [0.15, 0.2) is 12.4 Å². The van der Waals surface area contributed by atoms with E-state index in [0.29, 0.717) is 11.3 Å². The zero-order chi connectivity index (χ0) is 25.4. The molecule has 0 fully saturated rings. The van der Waals surface area contributed by atoms with Crippen molar-refractivity contribution < 1.29 is 33.3 Å². The third-order valence-electron chi connectivity index (χ3n) is 5.59. The second kappa shape index (κ2) is 8.87. The van der Waals surface area contributed by atoms with Crippen molar-refractivity contribution in [1.29, 1.82) is 0 Å². The van der Waals surface area contributed by atoms with Gasteiger partial charge in [-0.3, -0.25) is 19.7 Å². The largest absolute Gasteiger partial charge is 0.497 e. The third-order valence-corrected chi connectivity index (χ3v) is 5.59. The molecule has 5 rings (SSSR count). The second-order valence-corrected chi connectivity index (χ2v) is 7.67. The van der Waals surface area contributed by atoms with Crippen molar-refractivity contribution in [2.45, 2.75) is 6.61 Å². The highest BCUT2D eigenvalue weighted by Gasteiger charge is 2.39. The molecule has 0 bridgehead atoms. The van der Waals surface area contributed by atoms with Crippen LogP contribution in [0.4, 0.5) is 5.69 Å². The lowest BCUT2D eigenvalue weighted by molar-refractivity contribution is -0.385. The summed E-state index contributed by atoms with van der Waals surface area (Å²) in [5.41, 5.74) is -1.11. The van der Waals surface area contributed by atoms with E-state index in [1.807, 2.05) is 0 Å². The molecule has 0 radical (unpaired) electrons. The van der Waals surface area contributed by atoms with Gasteiger partial charge in [-0.15, -0.1) is 0 Å². The Hall–Kier alpha value is -5.19. The van der Waals surface area contributed by atoms with Gasteiger partial charge in [0.25, 0.3) is 11.6 Å². The molecular weight excluding hydrogens is 470 g/mol. The molecule has 0 unspecified atom stereocenters. The highest BCUT2D eigenvalue weighted by atomic mass is 16.6. The normalized spacial score (nSPS) is 12.0. The number of nitro groups is 1. The first kappa shape index (κ1) is 22.6. The fourth-order valence-corrected chi connectivity index (χ4v) is 3.92. The van der Waals surface area contributed by atoms with E-state index < -0.39 is 45.9 Å². The zero-order valence-electron chi connectivity index (χ0n) is 18.6. The van der Waals surface area contributed by atoms with Gasteiger partial charge in [0.05, 0.1) is 12.0 Å². The van der Waals surface area contributed by atoms with E-state index in [0.717, 1.165) is 6.07 Å². The summed E-state index contributed by atoms with van der Waals surface area (Å²) in [5.74, 6) is -1.60. The number of esters is 1. The lowest BCUT2D eigenvalue weighted by Gasteiger charge is -2.18. The Kier molecular flexibility index (Phi) is 5.57. The van der Waals surface area contributed by atoms with E-state index in [-0.39, 0.29) is 28.4 Å². The molecule has 1 aliphatic rings. The van der Waals surface area contributed by atoms with Gasteiger partial charge in [0.2, 0.25) is 11.6 Å². The molecule has 1 aliphatic carbocycles. The fourth-order valence-electron chi connectivity index (χ4n) is 3.92. The van der Waals surface area contributed by atoms with Crippen molar-refractivity contribution in [3.8, 4) is 17.1 Å². The maximum Gasteiger partial charge on any atom is 0.345 e. The average molecular weight is 485 g/mol. The Bertz CT molecular complexity index is 1570. The van der Waals surface area contributed by atoms with Crippen molar-refractivity contribution in [1.82, 2.24) is 10.1 Å². The van der Waals surface area contributed by atoms with Crippen LogP contribution in [0.15, 0.2) is 65.2 Å². The Labute approximate surface area is 202 Å². The number of aromatic nitrogens is 2. The van der Waals surface area contributed by atoms with Gasteiger partial charge < -0.3 is 14.0 Å². The minimum atomic E-state index is -1.09. The summed E-state index contributed by atoms with van der Waals surface area (Å²) >= 11 is 0. The van der Waals surface area contributed by atoms with E-state index in [2.05, 4.69) is 10.1 Å². The lowest BCUT2D eigenvalue weighted by atomic mass is 9.82. The number of methoxy groups -OCH3 is 1. The summed E-state index contributed by atoms with van der Waals surface area (Å²) in [6.07, 6.45) is 0. The maximum atomic E-state index is 13.1. The predicted molar refractivity (Wildman–Crippen MR) is 122 cm³/mol. The van der Waals surface area contributed by atoms with Gasteiger partial charge in [-0.05, 0) is 24.3 Å². The summed E-state index contributed by atoms with van der Waals surface area (Å²) in [4.78, 5) is 53.9. The number of nitro benzene ring substituents is 1. The standard InChI is InChI=1S/C25H15N3O8/c1-34-14-6-4-5-13(11-14)24-26-19(36-27-24)12-35-25(31)18-10-9-17-20(21(18)28(32)33)23(30)16-8-3-2-7-15(16)22(17)29/h2-11H,12H2,1H3. The Morgan fingerprint density at radius 2 is 1.75 bits per heavy atom. The van der Waals surface area contributed by atoms with Crippen molar-refractivity contribution >= 4 is 23.2 Å². The minimum absolute atomic E-state index is 0.0274. The number of ketones is 2. The average Bonchev–Trinajstić information content (AvgIpc) is 3.38.